The third-order valence-electron chi connectivity index (χ3n) is 5.78. The van der Waals surface area contributed by atoms with Crippen LogP contribution in [0.1, 0.15) is 71.8 Å². The van der Waals surface area contributed by atoms with Crippen molar-refractivity contribution in [3.63, 3.8) is 0 Å². The van der Waals surface area contributed by atoms with Gasteiger partial charge in [0.2, 0.25) is 0 Å². The van der Waals surface area contributed by atoms with E-state index < -0.39 is 0 Å². The normalized spacial score (nSPS) is 24.1. The molecule has 0 spiro atoms. The fraction of sp³-hybridized carbons (Fsp3) is 0.722. The molecule has 6 heteroatoms. The van der Waals surface area contributed by atoms with E-state index in [4.69, 9.17) is 4.98 Å². The van der Waals surface area contributed by atoms with Crippen molar-refractivity contribution in [1.82, 2.24) is 24.6 Å². The Hall–Kier alpha value is -1.27. The first kappa shape index (κ1) is 15.0. The lowest BCUT2D eigenvalue weighted by molar-refractivity contribution is 0.233. The molecule has 1 saturated heterocycles. The Morgan fingerprint density at radius 2 is 1.96 bits per heavy atom. The molecule has 0 N–H and O–H groups in total. The Morgan fingerprint density at radius 1 is 0.958 bits per heavy atom. The van der Waals surface area contributed by atoms with Crippen molar-refractivity contribution in [3.05, 3.63) is 27.2 Å². The summed E-state index contributed by atoms with van der Waals surface area (Å²) in [6.07, 6.45) is 11.1. The lowest BCUT2D eigenvalue weighted by Crippen LogP contribution is -2.25. The van der Waals surface area contributed by atoms with E-state index in [2.05, 4.69) is 19.7 Å². The molecule has 5 rings (SSSR count). The van der Waals surface area contributed by atoms with Crippen LogP contribution in [0.2, 0.25) is 0 Å². The first-order valence-electron chi connectivity index (χ1n) is 9.52. The lowest BCUT2D eigenvalue weighted by Gasteiger charge is -2.23. The minimum atomic E-state index is 0.433. The van der Waals surface area contributed by atoms with Crippen molar-refractivity contribution in [2.24, 2.45) is 0 Å². The minimum absolute atomic E-state index is 0.433. The van der Waals surface area contributed by atoms with E-state index in [0.717, 1.165) is 26.1 Å². The summed E-state index contributed by atoms with van der Waals surface area (Å²) in [6, 6.07) is 0.433. The fourth-order valence-electron chi connectivity index (χ4n) is 4.55. The zero-order valence-corrected chi connectivity index (χ0v) is 15.0. The Labute approximate surface area is 147 Å². The van der Waals surface area contributed by atoms with Gasteiger partial charge in [-0.05, 0) is 51.5 Å². The molecule has 2 aliphatic heterocycles. The predicted octanol–water partition coefficient (Wildman–Crippen LogP) is 3.29. The minimum Gasteiger partial charge on any atom is -0.314 e. The van der Waals surface area contributed by atoms with Gasteiger partial charge in [-0.3, -0.25) is 4.90 Å². The van der Waals surface area contributed by atoms with Gasteiger partial charge in [0.15, 0.2) is 0 Å². The van der Waals surface area contributed by atoms with Crippen molar-refractivity contribution in [3.8, 4) is 0 Å². The van der Waals surface area contributed by atoms with Gasteiger partial charge in [0.05, 0.1) is 18.3 Å². The van der Waals surface area contributed by atoms with Crippen molar-refractivity contribution in [1.29, 1.82) is 0 Å². The van der Waals surface area contributed by atoms with Crippen LogP contribution in [0.5, 0.6) is 0 Å². The van der Waals surface area contributed by atoms with E-state index in [1.807, 2.05) is 11.3 Å². The molecule has 0 saturated carbocycles. The molecular weight excluding hydrogens is 318 g/mol. The number of thiazole rings is 1. The van der Waals surface area contributed by atoms with Crippen LogP contribution in [0.4, 0.5) is 0 Å². The molecular formula is C18H25N5S. The van der Waals surface area contributed by atoms with Gasteiger partial charge in [0, 0.05) is 17.8 Å². The maximum absolute atomic E-state index is 4.91. The molecule has 1 fully saturated rings. The monoisotopic (exact) mass is 343 g/mol. The SMILES string of the molecule is C1CCc2nnc([C@H]3CCCN3Cc3nc4c(s3)CCC4)n2CC1. The van der Waals surface area contributed by atoms with E-state index in [-0.39, 0.29) is 0 Å². The Bertz CT molecular complexity index is 712. The summed E-state index contributed by atoms with van der Waals surface area (Å²) < 4.78 is 2.43. The molecule has 4 heterocycles. The molecule has 3 aliphatic rings. The number of fused-ring (bicyclic) bond motifs is 2. The van der Waals surface area contributed by atoms with Crippen molar-refractivity contribution < 1.29 is 0 Å². The standard InChI is InChI=1S/C18H25N5S/c1-2-9-16-20-21-18(23(16)11-3-1)14-7-5-10-22(14)12-17-19-13-6-4-8-15(13)24-17/h14H,1-12H2/t14-/m1/s1. The van der Waals surface area contributed by atoms with E-state index in [0.29, 0.717) is 6.04 Å². The third kappa shape index (κ3) is 2.60. The second kappa shape index (κ2) is 6.23. The average molecular weight is 344 g/mol. The van der Waals surface area contributed by atoms with Gasteiger partial charge < -0.3 is 4.57 Å². The van der Waals surface area contributed by atoms with Crippen LogP contribution in [-0.2, 0) is 32.4 Å². The summed E-state index contributed by atoms with van der Waals surface area (Å²) in [6.45, 7) is 3.26. The molecule has 0 amide bonds. The Balaban J connectivity index is 1.38. The number of aryl methyl sites for hydroxylation is 3. The van der Waals surface area contributed by atoms with Gasteiger partial charge >= 0.3 is 0 Å². The van der Waals surface area contributed by atoms with Gasteiger partial charge in [0.1, 0.15) is 16.7 Å². The first-order chi connectivity index (χ1) is 11.9. The van der Waals surface area contributed by atoms with Crippen LogP contribution in [-0.4, -0.2) is 31.2 Å². The maximum Gasteiger partial charge on any atom is 0.150 e. The van der Waals surface area contributed by atoms with Crippen molar-refractivity contribution in [2.45, 2.75) is 76.9 Å². The van der Waals surface area contributed by atoms with Gasteiger partial charge in [0.25, 0.3) is 0 Å². The average Bonchev–Trinajstić information content (AvgIpc) is 3.31. The molecule has 2 aromatic rings. The van der Waals surface area contributed by atoms with Gasteiger partial charge in [-0.15, -0.1) is 21.5 Å². The summed E-state index contributed by atoms with van der Waals surface area (Å²) in [5.41, 5.74) is 1.38. The summed E-state index contributed by atoms with van der Waals surface area (Å²) >= 11 is 1.94. The lowest BCUT2D eigenvalue weighted by atomic mass is 10.2. The fourth-order valence-corrected chi connectivity index (χ4v) is 5.73. The van der Waals surface area contributed by atoms with Gasteiger partial charge in [-0.25, -0.2) is 4.98 Å². The van der Waals surface area contributed by atoms with E-state index in [1.54, 1.807) is 0 Å². The highest BCUT2D eigenvalue weighted by Crippen LogP contribution is 2.35. The zero-order valence-electron chi connectivity index (χ0n) is 14.2. The summed E-state index contributed by atoms with van der Waals surface area (Å²) in [4.78, 5) is 9.04. The van der Waals surface area contributed by atoms with Crippen LogP contribution < -0.4 is 0 Å². The van der Waals surface area contributed by atoms with Gasteiger partial charge in [-0.2, -0.15) is 0 Å². The largest absolute Gasteiger partial charge is 0.314 e. The molecule has 0 unspecified atom stereocenters. The van der Waals surface area contributed by atoms with Crippen LogP contribution >= 0.6 is 11.3 Å². The summed E-state index contributed by atoms with van der Waals surface area (Å²) in [5.74, 6) is 2.43. The first-order valence-corrected chi connectivity index (χ1v) is 10.3. The molecule has 0 aromatic carbocycles. The van der Waals surface area contributed by atoms with Crippen LogP contribution in [0.15, 0.2) is 0 Å². The van der Waals surface area contributed by atoms with Crippen LogP contribution in [0, 0.1) is 0 Å². The Kier molecular flexibility index (Phi) is 3.90. The molecule has 128 valence electrons. The number of likely N-dealkylation sites (tertiary alicyclic amines) is 1. The van der Waals surface area contributed by atoms with E-state index in [1.165, 1.54) is 78.6 Å². The molecule has 0 radical (unpaired) electrons. The summed E-state index contributed by atoms with van der Waals surface area (Å²) in [5, 5.41) is 10.4. The van der Waals surface area contributed by atoms with Gasteiger partial charge in [-0.1, -0.05) is 6.42 Å². The molecule has 5 nitrogen and oxygen atoms in total. The van der Waals surface area contributed by atoms with Crippen molar-refractivity contribution in [2.75, 3.05) is 6.54 Å². The highest BCUT2D eigenvalue weighted by Gasteiger charge is 2.32. The van der Waals surface area contributed by atoms with E-state index in [9.17, 15) is 0 Å². The second-order valence-corrected chi connectivity index (χ2v) is 8.56. The predicted molar refractivity (Wildman–Crippen MR) is 94.1 cm³/mol. The molecule has 1 aliphatic carbocycles. The molecule has 2 aromatic heterocycles. The molecule has 24 heavy (non-hydrogen) atoms. The highest BCUT2D eigenvalue weighted by molar-refractivity contribution is 7.11. The topological polar surface area (TPSA) is 46.8 Å². The quantitative estimate of drug-likeness (QED) is 0.858. The number of aromatic nitrogens is 4. The maximum atomic E-state index is 4.91. The van der Waals surface area contributed by atoms with Crippen LogP contribution in [0.3, 0.4) is 0 Å². The number of hydrogen-bond acceptors (Lipinski definition) is 5. The smallest absolute Gasteiger partial charge is 0.150 e. The van der Waals surface area contributed by atoms with Crippen LogP contribution in [0.25, 0.3) is 0 Å². The van der Waals surface area contributed by atoms with Crippen molar-refractivity contribution >= 4 is 11.3 Å². The highest BCUT2D eigenvalue weighted by atomic mass is 32.1. The summed E-state index contributed by atoms with van der Waals surface area (Å²) in [7, 11) is 0. The Morgan fingerprint density at radius 3 is 2.92 bits per heavy atom. The number of nitrogens with zero attached hydrogens (tertiary/aromatic N) is 5. The van der Waals surface area contributed by atoms with E-state index >= 15 is 0 Å². The number of rotatable bonds is 3. The number of hydrogen-bond donors (Lipinski definition) is 0. The molecule has 1 atom stereocenters. The molecule has 0 bridgehead atoms. The zero-order chi connectivity index (χ0) is 15.9. The second-order valence-electron chi connectivity index (χ2n) is 7.40. The third-order valence-corrected chi connectivity index (χ3v) is 6.92.